The Morgan fingerprint density at radius 2 is 1.77 bits per heavy atom. The maximum Gasteiger partial charge on any atom is 0.241 e. The summed E-state index contributed by atoms with van der Waals surface area (Å²) in [6.45, 7) is 5.56. The summed E-state index contributed by atoms with van der Waals surface area (Å²) in [7, 11) is -1.81. The second kappa shape index (κ2) is 9.59. The number of hydrogen-bond donors (Lipinski definition) is 1. The van der Waals surface area contributed by atoms with E-state index in [0.29, 0.717) is 37.6 Å². The fourth-order valence-corrected chi connectivity index (χ4v) is 5.08. The lowest BCUT2D eigenvalue weighted by molar-refractivity contribution is -0.121. The highest BCUT2D eigenvalue weighted by Crippen LogP contribution is 2.25. The number of aryl methyl sites for hydroxylation is 1. The Bertz CT molecular complexity index is 971. The van der Waals surface area contributed by atoms with Crippen molar-refractivity contribution >= 4 is 21.6 Å². The Morgan fingerprint density at radius 1 is 1.10 bits per heavy atom. The Labute approximate surface area is 178 Å². The van der Waals surface area contributed by atoms with Crippen LogP contribution in [-0.4, -0.2) is 62.9 Å². The predicted molar refractivity (Wildman–Crippen MR) is 118 cm³/mol. The van der Waals surface area contributed by atoms with Crippen LogP contribution in [0.5, 0.6) is 5.75 Å². The minimum atomic E-state index is -3.38. The summed E-state index contributed by atoms with van der Waals surface area (Å²) in [5.74, 6) is 0.467. The average molecular weight is 432 g/mol. The highest BCUT2D eigenvalue weighted by atomic mass is 32.2. The molecule has 2 aromatic carbocycles. The zero-order valence-corrected chi connectivity index (χ0v) is 18.5. The van der Waals surface area contributed by atoms with Gasteiger partial charge in [0.25, 0.3) is 0 Å². The van der Waals surface area contributed by atoms with E-state index < -0.39 is 10.0 Å². The fourth-order valence-electron chi connectivity index (χ4n) is 3.57. The molecule has 0 aromatic heterocycles. The molecule has 1 amide bonds. The van der Waals surface area contributed by atoms with Gasteiger partial charge in [-0.2, -0.15) is 4.31 Å². The molecule has 7 nitrogen and oxygen atoms in total. The molecule has 162 valence electrons. The van der Waals surface area contributed by atoms with E-state index in [1.165, 1.54) is 4.31 Å². The van der Waals surface area contributed by atoms with Crippen molar-refractivity contribution in [3.8, 4) is 5.75 Å². The Morgan fingerprint density at radius 3 is 2.40 bits per heavy atom. The minimum Gasteiger partial charge on any atom is -0.495 e. The number of sulfonamides is 1. The van der Waals surface area contributed by atoms with Gasteiger partial charge in [-0.15, -0.1) is 0 Å². The van der Waals surface area contributed by atoms with E-state index in [2.05, 4.69) is 5.32 Å². The molecule has 2 aromatic rings. The monoisotopic (exact) mass is 431 g/mol. The van der Waals surface area contributed by atoms with E-state index in [1.807, 2.05) is 67.3 Å². The van der Waals surface area contributed by atoms with Crippen LogP contribution in [0.3, 0.4) is 0 Å². The van der Waals surface area contributed by atoms with Gasteiger partial charge in [0.05, 0.1) is 24.6 Å². The summed E-state index contributed by atoms with van der Waals surface area (Å²) in [6, 6.07) is 14.4. The molecule has 30 heavy (non-hydrogen) atoms. The average Bonchev–Trinajstić information content (AvgIpc) is 2.74. The van der Waals surface area contributed by atoms with Gasteiger partial charge in [-0.25, -0.2) is 8.42 Å². The van der Waals surface area contributed by atoms with E-state index in [9.17, 15) is 13.2 Å². The minimum absolute atomic E-state index is 0.00294. The lowest BCUT2D eigenvalue weighted by Gasteiger charge is -2.36. The molecule has 1 atom stereocenters. The molecule has 1 N–H and O–H groups in total. The van der Waals surface area contributed by atoms with Gasteiger partial charge >= 0.3 is 0 Å². The fraction of sp³-hybridized carbons (Fsp3) is 0.409. The Hall–Kier alpha value is -2.42. The number of hydrogen-bond acceptors (Lipinski definition) is 5. The molecule has 0 aliphatic carbocycles. The van der Waals surface area contributed by atoms with Gasteiger partial charge in [0, 0.05) is 26.2 Å². The van der Waals surface area contributed by atoms with Crippen molar-refractivity contribution in [3.05, 3.63) is 59.7 Å². The maximum atomic E-state index is 12.8. The lowest BCUT2D eigenvalue weighted by atomic mass is 10.2. The number of piperazine rings is 1. The van der Waals surface area contributed by atoms with Gasteiger partial charge in [-0.3, -0.25) is 9.69 Å². The smallest absolute Gasteiger partial charge is 0.241 e. The number of benzene rings is 2. The van der Waals surface area contributed by atoms with E-state index in [-0.39, 0.29) is 17.7 Å². The third-order valence-electron chi connectivity index (χ3n) is 5.40. The number of nitrogens with one attached hydrogen (secondary N) is 1. The third kappa shape index (κ3) is 5.38. The molecule has 3 rings (SSSR count). The zero-order valence-electron chi connectivity index (χ0n) is 17.7. The van der Waals surface area contributed by atoms with Crippen molar-refractivity contribution in [2.75, 3.05) is 38.6 Å². The quantitative estimate of drug-likeness (QED) is 0.729. The number of methoxy groups -OCH3 is 1. The van der Waals surface area contributed by atoms with Crippen LogP contribution >= 0.6 is 0 Å². The van der Waals surface area contributed by atoms with Crippen molar-refractivity contribution in [2.24, 2.45) is 0 Å². The van der Waals surface area contributed by atoms with Crippen LogP contribution in [0.2, 0.25) is 0 Å². The van der Waals surface area contributed by atoms with Crippen molar-refractivity contribution in [2.45, 2.75) is 25.6 Å². The van der Waals surface area contributed by atoms with Gasteiger partial charge in [-0.05, 0) is 37.1 Å². The van der Waals surface area contributed by atoms with Gasteiger partial charge in [-0.1, -0.05) is 36.4 Å². The van der Waals surface area contributed by atoms with Crippen LogP contribution < -0.4 is 10.1 Å². The number of nitrogens with zero attached hydrogens (tertiary/aromatic N) is 2. The molecule has 0 saturated carbocycles. The Kier molecular flexibility index (Phi) is 7.12. The third-order valence-corrected chi connectivity index (χ3v) is 7.25. The molecule has 1 heterocycles. The number of amides is 1. The van der Waals surface area contributed by atoms with E-state index in [4.69, 9.17) is 4.74 Å². The number of carbonyl (C=O) groups is 1. The molecule has 1 aliphatic rings. The second-order valence-electron chi connectivity index (χ2n) is 7.55. The molecular formula is C22H29N3O4S. The summed E-state index contributed by atoms with van der Waals surface area (Å²) in [5, 5.41) is 2.94. The first-order valence-electron chi connectivity index (χ1n) is 10.0. The molecule has 1 fully saturated rings. The van der Waals surface area contributed by atoms with Gasteiger partial charge in [0.2, 0.25) is 15.9 Å². The first kappa shape index (κ1) is 22.3. The number of carbonyl (C=O) groups excluding carboxylic acids is 1. The van der Waals surface area contributed by atoms with Crippen LogP contribution in [-0.2, 0) is 20.6 Å². The number of ether oxygens (including phenoxy) is 1. The molecule has 0 radical (unpaired) electrons. The SMILES string of the molecule is COc1ccc(C)cc1NC(=O)[C@H](C)N1CCN(S(=O)(=O)Cc2ccccc2)CC1. The highest BCUT2D eigenvalue weighted by molar-refractivity contribution is 7.88. The normalized spacial score (nSPS) is 16.8. The topological polar surface area (TPSA) is 79.0 Å². The standard InChI is InChI=1S/C22H29N3O4S/c1-17-9-10-21(29-3)20(15-17)23-22(26)18(2)24-11-13-25(14-12-24)30(27,28)16-19-7-5-4-6-8-19/h4-10,15,18H,11-14,16H2,1-3H3,(H,23,26)/t18-/m0/s1. The van der Waals surface area contributed by atoms with Gasteiger partial charge in [0.1, 0.15) is 5.75 Å². The first-order valence-corrected chi connectivity index (χ1v) is 11.6. The summed E-state index contributed by atoms with van der Waals surface area (Å²) in [6.07, 6.45) is 0. The van der Waals surface area contributed by atoms with Crippen LogP contribution in [0.1, 0.15) is 18.1 Å². The molecular weight excluding hydrogens is 402 g/mol. The molecule has 0 unspecified atom stereocenters. The van der Waals surface area contributed by atoms with E-state index >= 15 is 0 Å². The summed E-state index contributed by atoms with van der Waals surface area (Å²) in [5.41, 5.74) is 2.44. The van der Waals surface area contributed by atoms with E-state index in [1.54, 1.807) is 7.11 Å². The molecule has 0 bridgehead atoms. The highest BCUT2D eigenvalue weighted by Gasteiger charge is 2.31. The van der Waals surface area contributed by atoms with Crippen LogP contribution in [0, 0.1) is 6.92 Å². The van der Waals surface area contributed by atoms with Crippen LogP contribution in [0.4, 0.5) is 5.69 Å². The van der Waals surface area contributed by atoms with E-state index in [0.717, 1.165) is 11.1 Å². The molecule has 1 aliphatic heterocycles. The number of rotatable bonds is 7. The van der Waals surface area contributed by atoms with Crippen molar-refractivity contribution in [1.29, 1.82) is 0 Å². The lowest BCUT2D eigenvalue weighted by Crippen LogP contribution is -2.54. The Balaban J connectivity index is 1.58. The molecule has 0 spiro atoms. The van der Waals surface area contributed by atoms with Crippen LogP contribution in [0.15, 0.2) is 48.5 Å². The molecule has 8 heteroatoms. The second-order valence-corrected chi connectivity index (χ2v) is 9.51. The predicted octanol–water partition coefficient (Wildman–Crippen LogP) is 2.48. The number of anilines is 1. The van der Waals surface area contributed by atoms with Crippen molar-refractivity contribution in [1.82, 2.24) is 9.21 Å². The van der Waals surface area contributed by atoms with Crippen LogP contribution in [0.25, 0.3) is 0 Å². The van der Waals surface area contributed by atoms with Gasteiger partial charge in [0.15, 0.2) is 0 Å². The first-order chi connectivity index (χ1) is 14.3. The van der Waals surface area contributed by atoms with Crippen molar-refractivity contribution in [3.63, 3.8) is 0 Å². The maximum absolute atomic E-state index is 12.8. The summed E-state index contributed by atoms with van der Waals surface area (Å²) < 4.78 is 32.3. The van der Waals surface area contributed by atoms with Gasteiger partial charge < -0.3 is 10.1 Å². The largest absolute Gasteiger partial charge is 0.495 e. The zero-order chi connectivity index (χ0) is 21.7. The van der Waals surface area contributed by atoms with Crippen molar-refractivity contribution < 1.29 is 17.9 Å². The molecule has 1 saturated heterocycles. The summed E-state index contributed by atoms with van der Waals surface area (Å²) in [4.78, 5) is 14.8. The summed E-state index contributed by atoms with van der Waals surface area (Å²) >= 11 is 0.